The van der Waals surface area contributed by atoms with Gasteiger partial charge in [-0.1, -0.05) is 84.1 Å². The highest BCUT2D eigenvalue weighted by molar-refractivity contribution is 6.07. The Morgan fingerprint density at radius 1 is 0.486 bits per heavy atom. The summed E-state index contributed by atoms with van der Waals surface area (Å²) in [6.07, 6.45) is 15.7. The molecule has 0 aromatic heterocycles. The highest BCUT2D eigenvalue weighted by Crippen LogP contribution is 2.63. The number of likely N-dealkylation sites (tertiary alicyclic amines) is 2. The van der Waals surface area contributed by atoms with Crippen molar-refractivity contribution in [1.29, 1.82) is 0 Å². The molecule has 6 aliphatic rings. The van der Waals surface area contributed by atoms with Crippen LogP contribution < -0.4 is 0 Å². The van der Waals surface area contributed by atoms with Crippen molar-refractivity contribution in [3.05, 3.63) is 24.3 Å². The molecule has 0 N–H and O–H groups in total. The first-order valence-electron chi connectivity index (χ1n) is 14.7. The number of carbonyl (C=O) groups is 4. The third-order valence-electron chi connectivity index (χ3n) is 11.3. The predicted molar refractivity (Wildman–Crippen MR) is 140 cm³/mol. The average Bonchev–Trinajstić information content (AvgIpc) is 3.60. The maximum Gasteiger partial charge on any atom is 0.233 e. The second-order valence-corrected chi connectivity index (χ2v) is 13.7. The fourth-order valence-electron chi connectivity index (χ4n) is 9.17. The van der Waals surface area contributed by atoms with Gasteiger partial charge in [0, 0.05) is 13.1 Å². The minimum absolute atomic E-state index is 0.0226. The molecule has 4 aliphatic carbocycles. The fraction of sp³-hybridized carbons (Fsp3) is 0.742. The van der Waals surface area contributed by atoms with Crippen LogP contribution in [0.3, 0.4) is 0 Å². The van der Waals surface area contributed by atoms with Gasteiger partial charge in [-0.15, -0.1) is 0 Å². The smallest absolute Gasteiger partial charge is 0.233 e. The van der Waals surface area contributed by atoms with Crippen molar-refractivity contribution in [2.45, 2.75) is 72.6 Å². The number of carbonyl (C=O) groups excluding carboxylic acids is 4. The lowest BCUT2D eigenvalue weighted by molar-refractivity contribution is -0.143. The molecule has 6 nitrogen and oxygen atoms in total. The minimum Gasteiger partial charge on any atom is -0.282 e. The van der Waals surface area contributed by atoms with Gasteiger partial charge in [-0.05, 0) is 47.3 Å². The van der Waals surface area contributed by atoms with Gasteiger partial charge >= 0.3 is 0 Å². The Bertz CT molecular complexity index is 935. The van der Waals surface area contributed by atoms with Crippen LogP contribution in [-0.4, -0.2) is 46.5 Å². The van der Waals surface area contributed by atoms with Crippen molar-refractivity contribution in [2.75, 3.05) is 13.1 Å². The van der Waals surface area contributed by atoms with Gasteiger partial charge in [0.15, 0.2) is 0 Å². The summed E-state index contributed by atoms with van der Waals surface area (Å²) < 4.78 is 0. The number of allylic oxidation sites excluding steroid dienone is 4. The van der Waals surface area contributed by atoms with Crippen molar-refractivity contribution < 1.29 is 19.2 Å². The topological polar surface area (TPSA) is 74.8 Å². The zero-order chi connectivity index (χ0) is 26.3. The monoisotopic (exact) mass is 506 g/mol. The van der Waals surface area contributed by atoms with Gasteiger partial charge < -0.3 is 0 Å². The minimum atomic E-state index is -0.135. The van der Waals surface area contributed by atoms with E-state index in [-0.39, 0.29) is 81.8 Å². The van der Waals surface area contributed by atoms with Gasteiger partial charge in [-0.3, -0.25) is 29.0 Å². The number of nitrogens with zero attached hydrogens (tertiary/aromatic N) is 2. The van der Waals surface area contributed by atoms with E-state index < -0.39 is 0 Å². The first kappa shape index (κ1) is 25.1. The second kappa shape index (κ2) is 8.64. The van der Waals surface area contributed by atoms with E-state index in [9.17, 15) is 19.2 Å². The summed E-state index contributed by atoms with van der Waals surface area (Å²) in [6.45, 7) is 9.88. The van der Waals surface area contributed by atoms with Crippen molar-refractivity contribution >= 4 is 23.6 Å². The zero-order valence-electron chi connectivity index (χ0n) is 22.8. The van der Waals surface area contributed by atoms with Crippen molar-refractivity contribution in [1.82, 2.24) is 9.80 Å². The highest BCUT2D eigenvalue weighted by atomic mass is 16.2. The lowest BCUT2D eigenvalue weighted by Gasteiger charge is -2.28. The molecule has 0 aromatic rings. The number of hydrogen-bond acceptors (Lipinski definition) is 4. The third kappa shape index (κ3) is 3.42. The quantitative estimate of drug-likeness (QED) is 0.247. The summed E-state index contributed by atoms with van der Waals surface area (Å²) in [6, 6.07) is 0. The highest BCUT2D eigenvalue weighted by Gasteiger charge is 2.67. The van der Waals surface area contributed by atoms with E-state index in [0.29, 0.717) is 13.1 Å². The molecule has 4 fully saturated rings. The van der Waals surface area contributed by atoms with Gasteiger partial charge in [0.25, 0.3) is 0 Å². The summed E-state index contributed by atoms with van der Waals surface area (Å²) in [5.74, 6) is 0.500. The molecular weight excluding hydrogens is 464 g/mol. The molecule has 37 heavy (non-hydrogen) atoms. The van der Waals surface area contributed by atoms with Crippen LogP contribution in [0.15, 0.2) is 24.3 Å². The molecule has 8 unspecified atom stereocenters. The molecule has 2 saturated heterocycles. The molecule has 4 amide bonds. The van der Waals surface area contributed by atoms with Crippen LogP contribution in [0.4, 0.5) is 0 Å². The molecule has 0 radical (unpaired) electrons. The molecule has 2 saturated carbocycles. The molecule has 0 spiro atoms. The summed E-state index contributed by atoms with van der Waals surface area (Å²) in [5.41, 5.74) is 0.0452. The Labute approximate surface area is 220 Å². The van der Waals surface area contributed by atoms with Crippen LogP contribution in [0.5, 0.6) is 0 Å². The van der Waals surface area contributed by atoms with E-state index in [4.69, 9.17) is 0 Å². The van der Waals surface area contributed by atoms with Crippen LogP contribution in [0.25, 0.3) is 0 Å². The van der Waals surface area contributed by atoms with Crippen LogP contribution in [-0.2, 0) is 19.2 Å². The fourth-order valence-corrected chi connectivity index (χ4v) is 9.17. The Balaban J connectivity index is 0.871. The van der Waals surface area contributed by atoms with Crippen LogP contribution in [0, 0.1) is 58.2 Å². The van der Waals surface area contributed by atoms with Gasteiger partial charge in [0.05, 0.1) is 23.7 Å². The van der Waals surface area contributed by atoms with Crippen LogP contribution in [0.1, 0.15) is 72.6 Å². The van der Waals surface area contributed by atoms with Gasteiger partial charge in [-0.2, -0.15) is 0 Å². The summed E-state index contributed by atoms with van der Waals surface area (Å²) in [5, 5.41) is 0. The van der Waals surface area contributed by atoms with E-state index >= 15 is 0 Å². The Hall–Kier alpha value is -2.24. The lowest BCUT2D eigenvalue weighted by Crippen LogP contribution is -2.37. The third-order valence-corrected chi connectivity index (χ3v) is 11.3. The normalized spacial score (nSPS) is 39.6. The Morgan fingerprint density at radius 3 is 1.00 bits per heavy atom. The molecule has 8 atom stereocenters. The van der Waals surface area contributed by atoms with E-state index in [1.165, 1.54) is 0 Å². The molecule has 200 valence electrons. The number of imide groups is 2. The van der Waals surface area contributed by atoms with E-state index in [1.54, 1.807) is 9.80 Å². The number of amides is 4. The molecule has 4 bridgehead atoms. The molecule has 6 rings (SSSR count). The first-order chi connectivity index (χ1) is 17.6. The Kier molecular flexibility index (Phi) is 5.85. The summed E-state index contributed by atoms with van der Waals surface area (Å²) >= 11 is 0. The van der Waals surface area contributed by atoms with Crippen LogP contribution >= 0.6 is 0 Å². The largest absolute Gasteiger partial charge is 0.282 e. The molecular formula is C31H42N2O4. The number of fused-ring (bicyclic) bond motifs is 10. The van der Waals surface area contributed by atoms with Gasteiger partial charge in [0.1, 0.15) is 0 Å². The molecule has 6 heteroatoms. The number of hydrogen-bond donors (Lipinski definition) is 0. The summed E-state index contributed by atoms with van der Waals surface area (Å²) in [4.78, 5) is 55.2. The van der Waals surface area contributed by atoms with Crippen LogP contribution in [0.2, 0.25) is 0 Å². The maximum atomic E-state index is 13.0. The standard InChI is InChI=1S/C31H42N2O4/c1-30(2)18-12-13-19(30)23-22(18)26(34)32(27(23)35)16-10-8-6-5-7-9-11-17-33-28(36)24-20-14-15-21(31(20,3)4)25(24)29(33)37/h12-15,18-25H,5-11,16-17H2,1-4H3. The first-order valence-corrected chi connectivity index (χ1v) is 14.7. The van der Waals surface area contributed by atoms with E-state index in [0.717, 1.165) is 44.9 Å². The molecule has 0 aromatic carbocycles. The van der Waals surface area contributed by atoms with Crippen molar-refractivity contribution in [3.63, 3.8) is 0 Å². The second-order valence-electron chi connectivity index (χ2n) is 13.7. The Morgan fingerprint density at radius 2 is 0.730 bits per heavy atom. The lowest BCUT2D eigenvalue weighted by atomic mass is 9.78. The van der Waals surface area contributed by atoms with Gasteiger partial charge in [-0.25, -0.2) is 0 Å². The average molecular weight is 507 g/mol. The van der Waals surface area contributed by atoms with Gasteiger partial charge in [0.2, 0.25) is 23.6 Å². The molecule has 2 aliphatic heterocycles. The SMILES string of the molecule is CC1(C)C2C=CC1C1C(=O)N(CCCCCCCCCN3C(=O)C4C(C3=O)C3C=CC4C3(C)C)C(=O)C12. The maximum absolute atomic E-state index is 13.0. The number of unbranched alkanes of at least 4 members (excludes halogenated alkanes) is 6. The zero-order valence-corrected chi connectivity index (χ0v) is 22.8. The van der Waals surface area contributed by atoms with E-state index in [1.807, 2.05) is 0 Å². The van der Waals surface area contributed by atoms with Crippen molar-refractivity contribution in [2.24, 2.45) is 58.2 Å². The molecule has 2 heterocycles. The van der Waals surface area contributed by atoms with E-state index in [2.05, 4.69) is 52.0 Å². The summed E-state index contributed by atoms with van der Waals surface area (Å²) in [7, 11) is 0. The number of rotatable bonds is 10. The van der Waals surface area contributed by atoms with Crippen molar-refractivity contribution in [3.8, 4) is 0 Å². The predicted octanol–water partition coefficient (Wildman–Crippen LogP) is 4.60.